The predicted molar refractivity (Wildman–Crippen MR) is 107 cm³/mol. The van der Waals surface area contributed by atoms with Gasteiger partial charge in [0, 0.05) is 22.2 Å². The molecular weight excluding hydrogens is 358 g/mol. The molecule has 0 aliphatic carbocycles. The molecule has 0 amide bonds. The maximum absolute atomic E-state index is 13.2. The van der Waals surface area contributed by atoms with E-state index in [0.29, 0.717) is 5.16 Å². The lowest BCUT2D eigenvalue weighted by atomic mass is 10.1. The number of aryl methyl sites for hydroxylation is 2. The van der Waals surface area contributed by atoms with E-state index in [1.54, 1.807) is 4.68 Å². The fraction of sp³-hybridized carbons (Fsp3) is 0.200. The van der Waals surface area contributed by atoms with E-state index in [-0.39, 0.29) is 11.0 Å². The third kappa shape index (κ3) is 3.14. The van der Waals surface area contributed by atoms with E-state index < -0.39 is 0 Å². The van der Waals surface area contributed by atoms with Crippen molar-refractivity contribution in [3.8, 4) is 5.69 Å². The largest absolute Gasteiger partial charge is 0.358 e. The average molecular weight is 377 g/mol. The maximum Gasteiger partial charge on any atom is 0.214 e. The number of Topliss-reactive ketones (excluding diaryl/α,β-unsaturated/α-hetero) is 1. The number of hydrogen-bond donors (Lipinski definition) is 1. The molecule has 4 aromatic rings. The fourth-order valence-electron chi connectivity index (χ4n) is 3.21. The second-order valence-electron chi connectivity index (χ2n) is 6.45. The molecule has 27 heavy (non-hydrogen) atoms. The first-order valence-electron chi connectivity index (χ1n) is 8.69. The van der Waals surface area contributed by atoms with E-state index in [2.05, 4.69) is 20.5 Å². The number of carbonyl (C=O) groups excluding carboxylic acids is 1. The van der Waals surface area contributed by atoms with Gasteiger partial charge in [-0.15, -0.1) is 5.10 Å². The Hall–Kier alpha value is -2.93. The summed E-state index contributed by atoms with van der Waals surface area (Å²) in [5.41, 5.74) is 4.57. The van der Waals surface area contributed by atoms with Crippen molar-refractivity contribution >= 4 is 28.4 Å². The lowest BCUT2D eigenvalue weighted by Gasteiger charge is -2.11. The molecule has 2 heterocycles. The highest BCUT2D eigenvalue weighted by molar-refractivity contribution is 8.00. The molecule has 4 rings (SSSR count). The van der Waals surface area contributed by atoms with Crippen LogP contribution in [-0.4, -0.2) is 36.2 Å². The fourth-order valence-corrected chi connectivity index (χ4v) is 4.07. The second kappa shape index (κ2) is 7.00. The molecule has 2 aromatic carbocycles. The number of para-hydroxylation sites is 2. The number of ketones is 1. The van der Waals surface area contributed by atoms with E-state index in [9.17, 15) is 4.79 Å². The van der Waals surface area contributed by atoms with Gasteiger partial charge in [0.05, 0.1) is 10.9 Å². The van der Waals surface area contributed by atoms with Crippen LogP contribution in [0.1, 0.15) is 28.5 Å². The van der Waals surface area contributed by atoms with Crippen LogP contribution in [0.4, 0.5) is 0 Å². The molecule has 0 bridgehead atoms. The third-order valence-corrected chi connectivity index (χ3v) is 5.61. The summed E-state index contributed by atoms with van der Waals surface area (Å²) in [6.45, 7) is 5.84. The van der Waals surface area contributed by atoms with Gasteiger partial charge in [0.15, 0.2) is 5.78 Å². The highest BCUT2D eigenvalue weighted by Crippen LogP contribution is 2.30. The Morgan fingerprint density at radius 1 is 1.11 bits per heavy atom. The Balaban J connectivity index is 1.65. The topological polar surface area (TPSA) is 76.5 Å². The minimum absolute atomic E-state index is 0.0642. The van der Waals surface area contributed by atoms with Gasteiger partial charge in [-0.2, -0.15) is 4.68 Å². The molecule has 7 heteroatoms. The van der Waals surface area contributed by atoms with Crippen molar-refractivity contribution in [2.45, 2.75) is 31.2 Å². The Morgan fingerprint density at radius 2 is 1.85 bits per heavy atom. The molecule has 0 fully saturated rings. The van der Waals surface area contributed by atoms with Gasteiger partial charge in [0.1, 0.15) is 0 Å². The predicted octanol–water partition coefficient (Wildman–Crippen LogP) is 4.12. The molecule has 136 valence electrons. The molecule has 6 nitrogen and oxygen atoms in total. The number of carbonyl (C=O) groups is 1. The summed E-state index contributed by atoms with van der Waals surface area (Å²) < 4.78 is 1.69. The van der Waals surface area contributed by atoms with Gasteiger partial charge in [-0.3, -0.25) is 4.79 Å². The SMILES string of the molecule is Cc1ccccc1-n1nnnc1S[C@@H](C)C(=O)c1c(C)[nH]c2ccccc12. The number of H-pyrrole nitrogens is 1. The first-order valence-corrected chi connectivity index (χ1v) is 9.57. The van der Waals surface area contributed by atoms with Crippen molar-refractivity contribution in [2.24, 2.45) is 0 Å². The van der Waals surface area contributed by atoms with Gasteiger partial charge in [-0.05, 0) is 48.9 Å². The van der Waals surface area contributed by atoms with Crippen molar-refractivity contribution in [3.05, 3.63) is 65.4 Å². The van der Waals surface area contributed by atoms with E-state index in [1.165, 1.54) is 11.8 Å². The number of nitrogens with one attached hydrogen (secondary N) is 1. The van der Waals surface area contributed by atoms with Crippen molar-refractivity contribution in [1.82, 2.24) is 25.2 Å². The number of rotatable bonds is 5. The third-order valence-electron chi connectivity index (χ3n) is 4.58. The lowest BCUT2D eigenvalue weighted by molar-refractivity contribution is 0.0995. The zero-order valence-corrected chi connectivity index (χ0v) is 16.1. The molecular formula is C20H19N5OS. The summed E-state index contributed by atoms with van der Waals surface area (Å²) in [5, 5.41) is 13.3. The molecule has 1 N–H and O–H groups in total. The Bertz CT molecular complexity index is 1130. The quantitative estimate of drug-likeness (QED) is 0.418. The van der Waals surface area contributed by atoms with Crippen LogP contribution in [0.2, 0.25) is 0 Å². The van der Waals surface area contributed by atoms with Gasteiger partial charge >= 0.3 is 0 Å². The van der Waals surface area contributed by atoms with Gasteiger partial charge in [-0.1, -0.05) is 48.2 Å². The molecule has 0 radical (unpaired) electrons. The first-order chi connectivity index (χ1) is 13.1. The highest BCUT2D eigenvalue weighted by atomic mass is 32.2. The molecule has 0 spiro atoms. The smallest absolute Gasteiger partial charge is 0.214 e. The van der Waals surface area contributed by atoms with Crippen LogP contribution in [0, 0.1) is 13.8 Å². The molecule has 0 saturated heterocycles. The summed E-state index contributed by atoms with van der Waals surface area (Å²) in [4.78, 5) is 16.5. The molecule has 0 unspecified atom stereocenters. The molecule has 0 aliphatic rings. The number of nitrogens with zero attached hydrogens (tertiary/aromatic N) is 4. The van der Waals surface area contributed by atoms with Crippen LogP contribution >= 0.6 is 11.8 Å². The zero-order valence-electron chi connectivity index (χ0n) is 15.3. The Kier molecular flexibility index (Phi) is 4.53. The molecule has 0 aliphatic heterocycles. The number of fused-ring (bicyclic) bond motifs is 1. The van der Waals surface area contributed by atoms with Crippen LogP contribution in [0.25, 0.3) is 16.6 Å². The van der Waals surface area contributed by atoms with Crippen LogP contribution in [0.3, 0.4) is 0 Å². The number of tetrazole rings is 1. The van der Waals surface area contributed by atoms with E-state index >= 15 is 0 Å². The average Bonchev–Trinajstić information content (AvgIpc) is 3.24. The number of thioether (sulfide) groups is 1. The Labute approximate surface area is 161 Å². The summed E-state index contributed by atoms with van der Waals surface area (Å²) in [6.07, 6.45) is 0. The van der Waals surface area contributed by atoms with Crippen molar-refractivity contribution in [3.63, 3.8) is 0 Å². The number of aromatic amines is 1. The van der Waals surface area contributed by atoms with E-state index in [0.717, 1.165) is 33.4 Å². The van der Waals surface area contributed by atoms with Gasteiger partial charge in [0.2, 0.25) is 5.16 Å². The first kappa shape index (κ1) is 17.5. The van der Waals surface area contributed by atoms with Crippen LogP contribution < -0.4 is 0 Å². The van der Waals surface area contributed by atoms with Crippen LogP contribution in [-0.2, 0) is 0 Å². The van der Waals surface area contributed by atoms with E-state index in [1.807, 2.05) is 69.3 Å². The molecule has 0 saturated carbocycles. The van der Waals surface area contributed by atoms with Crippen molar-refractivity contribution in [2.75, 3.05) is 0 Å². The van der Waals surface area contributed by atoms with Crippen LogP contribution in [0.5, 0.6) is 0 Å². The number of benzene rings is 2. The van der Waals surface area contributed by atoms with Gasteiger partial charge < -0.3 is 4.98 Å². The monoisotopic (exact) mass is 377 g/mol. The van der Waals surface area contributed by atoms with Crippen molar-refractivity contribution < 1.29 is 4.79 Å². The summed E-state index contributed by atoms with van der Waals surface area (Å²) in [6, 6.07) is 15.8. The van der Waals surface area contributed by atoms with Gasteiger partial charge in [-0.25, -0.2) is 0 Å². The minimum atomic E-state index is -0.323. The van der Waals surface area contributed by atoms with Gasteiger partial charge in [0.25, 0.3) is 0 Å². The van der Waals surface area contributed by atoms with Crippen molar-refractivity contribution in [1.29, 1.82) is 0 Å². The zero-order chi connectivity index (χ0) is 19.0. The maximum atomic E-state index is 13.2. The normalized spacial score (nSPS) is 12.4. The van der Waals surface area contributed by atoms with Crippen LogP contribution in [0.15, 0.2) is 53.7 Å². The Morgan fingerprint density at radius 3 is 2.67 bits per heavy atom. The minimum Gasteiger partial charge on any atom is -0.358 e. The summed E-state index contributed by atoms with van der Waals surface area (Å²) >= 11 is 1.37. The molecule has 2 aromatic heterocycles. The standard InChI is InChI=1S/C20H19N5OS/c1-12-8-4-7-11-17(12)25-20(22-23-24-25)27-14(3)19(26)18-13(2)21-16-10-6-5-9-15(16)18/h4-11,14,21H,1-3H3/t14-/m0/s1. The summed E-state index contributed by atoms with van der Waals surface area (Å²) in [7, 11) is 0. The number of hydrogen-bond acceptors (Lipinski definition) is 5. The highest BCUT2D eigenvalue weighted by Gasteiger charge is 2.24. The van der Waals surface area contributed by atoms with E-state index in [4.69, 9.17) is 0 Å². The lowest BCUT2D eigenvalue weighted by Crippen LogP contribution is -2.15. The number of aromatic nitrogens is 5. The summed E-state index contributed by atoms with van der Waals surface area (Å²) in [5.74, 6) is 0.0642. The molecule has 1 atom stereocenters. The second-order valence-corrected chi connectivity index (χ2v) is 7.76.